The van der Waals surface area contributed by atoms with Gasteiger partial charge in [0.15, 0.2) is 5.78 Å². The lowest BCUT2D eigenvalue weighted by molar-refractivity contribution is -0.154. The summed E-state index contributed by atoms with van der Waals surface area (Å²) in [5.74, 6) is 1.10. The highest BCUT2D eigenvalue weighted by atomic mass is 16.1. The summed E-state index contributed by atoms with van der Waals surface area (Å²) >= 11 is 0. The number of fused-ring (bicyclic) bond motifs is 3. The monoisotopic (exact) mass is 316 g/mol. The van der Waals surface area contributed by atoms with E-state index >= 15 is 0 Å². The van der Waals surface area contributed by atoms with E-state index in [0.717, 1.165) is 31.1 Å². The van der Waals surface area contributed by atoms with E-state index < -0.39 is 0 Å². The number of hydrogen-bond donors (Lipinski definition) is 0. The normalized spacial score (nSPS) is 44.6. The maximum Gasteiger partial charge on any atom is 0.160 e. The second kappa shape index (κ2) is 4.87. The minimum absolute atomic E-state index is 0.00494. The quantitative estimate of drug-likeness (QED) is 0.544. The molecule has 0 aliphatic heterocycles. The topological polar surface area (TPSA) is 51.2 Å². The van der Waals surface area contributed by atoms with Gasteiger partial charge in [0.05, 0.1) is 0 Å². The van der Waals surface area contributed by atoms with Crippen molar-refractivity contribution in [1.29, 1.82) is 0 Å². The van der Waals surface area contributed by atoms with E-state index in [2.05, 4.69) is 27.7 Å². The smallest absolute Gasteiger partial charge is 0.160 e. The van der Waals surface area contributed by atoms with Crippen LogP contribution in [-0.2, 0) is 14.4 Å². The summed E-state index contributed by atoms with van der Waals surface area (Å²) < 4.78 is 0. The highest BCUT2D eigenvalue weighted by molar-refractivity contribution is 6.04. The fourth-order valence-corrected chi connectivity index (χ4v) is 6.44. The van der Waals surface area contributed by atoms with Crippen molar-refractivity contribution in [3.05, 3.63) is 11.1 Å². The van der Waals surface area contributed by atoms with E-state index in [1.807, 2.05) is 0 Å². The van der Waals surface area contributed by atoms with Gasteiger partial charge in [-0.15, -0.1) is 0 Å². The van der Waals surface area contributed by atoms with E-state index in [9.17, 15) is 14.4 Å². The molecular weight excluding hydrogens is 288 g/mol. The lowest BCUT2D eigenvalue weighted by atomic mass is 9.43. The second-order valence-corrected chi connectivity index (χ2v) is 9.02. The first kappa shape index (κ1) is 16.6. The van der Waals surface area contributed by atoms with Crippen molar-refractivity contribution in [3.8, 4) is 0 Å². The third-order valence-corrected chi connectivity index (χ3v) is 7.60. The van der Waals surface area contributed by atoms with Crippen LogP contribution in [0.3, 0.4) is 0 Å². The molecule has 3 aliphatic carbocycles. The number of aldehydes is 1. The van der Waals surface area contributed by atoms with Crippen molar-refractivity contribution >= 4 is 17.9 Å². The number of hydrogen-bond acceptors (Lipinski definition) is 3. The highest BCUT2D eigenvalue weighted by Crippen LogP contribution is 2.68. The van der Waals surface area contributed by atoms with Gasteiger partial charge in [0.25, 0.3) is 0 Å². The van der Waals surface area contributed by atoms with Crippen molar-refractivity contribution in [2.75, 3.05) is 0 Å². The molecule has 0 bridgehead atoms. The van der Waals surface area contributed by atoms with Gasteiger partial charge >= 0.3 is 0 Å². The van der Waals surface area contributed by atoms with Crippen molar-refractivity contribution < 1.29 is 14.4 Å². The summed E-state index contributed by atoms with van der Waals surface area (Å²) in [6.07, 6.45) is 4.73. The van der Waals surface area contributed by atoms with Gasteiger partial charge in [0.1, 0.15) is 12.1 Å². The Labute approximate surface area is 138 Å². The van der Waals surface area contributed by atoms with Gasteiger partial charge in [-0.2, -0.15) is 0 Å². The zero-order valence-corrected chi connectivity index (χ0v) is 15.0. The molecule has 126 valence electrons. The number of rotatable bonds is 1. The molecule has 0 aromatic heterocycles. The summed E-state index contributed by atoms with van der Waals surface area (Å²) in [7, 11) is 0. The van der Waals surface area contributed by atoms with Gasteiger partial charge < -0.3 is 0 Å². The fraction of sp³-hybridized carbons (Fsp3) is 0.750. The largest absolute Gasteiger partial charge is 0.299 e. The molecule has 0 saturated heterocycles. The first-order valence-electron chi connectivity index (χ1n) is 8.82. The maximum atomic E-state index is 12.7. The Morgan fingerprint density at radius 1 is 1.09 bits per heavy atom. The van der Waals surface area contributed by atoms with E-state index in [0.29, 0.717) is 30.1 Å². The van der Waals surface area contributed by atoms with Gasteiger partial charge in [-0.3, -0.25) is 14.4 Å². The van der Waals surface area contributed by atoms with Crippen molar-refractivity contribution in [1.82, 2.24) is 0 Å². The van der Waals surface area contributed by atoms with Crippen LogP contribution in [0.1, 0.15) is 66.7 Å². The van der Waals surface area contributed by atoms with Crippen LogP contribution in [0.4, 0.5) is 0 Å². The standard InChI is InChI=1S/C20H28O3/c1-12(11-21)17-13(22)10-15-19(4)9-7-16(23)18(2,3)14(19)6-8-20(15,17)5/h11,14-15H,6-10H2,1-5H3. The molecule has 0 heterocycles. The molecule has 0 aromatic carbocycles. The Balaban J connectivity index is 2.11. The summed E-state index contributed by atoms with van der Waals surface area (Å²) in [6, 6.07) is 0. The Kier molecular flexibility index (Phi) is 3.52. The van der Waals surface area contributed by atoms with E-state index in [1.165, 1.54) is 0 Å². The van der Waals surface area contributed by atoms with E-state index in [-0.39, 0.29) is 27.9 Å². The summed E-state index contributed by atoms with van der Waals surface area (Å²) in [6.45, 7) is 10.4. The number of Topliss-reactive ketones (excluding diaryl/α,β-unsaturated/α-hetero) is 2. The summed E-state index contributed by atoms with van der Waals surface area (Å²) in [4.78, 5) is 36.5. The predicted octanol–water partition coefficient (Wildman–Crippen LogP) is 3.90. The summed E-state index contributed by atoms with van der Waals surface area (Å²) in [5, 5.41) is 0. The van der Waals surface area contributed by atoms with Crippen LogP contribution in [0, 0.1) is 28.1 Å². The molecule has 0 radical (unpaired) electrons. The Hall–Kier alpha value is -1.25. The Bertz CT molecular complexity index is 627. The van der Waals surface area contributed by atoms with Crippen molar-refractivity contribution in [2.24, 2.45) is 28.1 Å². The van der Waals surface area contributed by atoms with Crippen LogP contribution in [-0.4, -0.2) is 17.9 Å². The van der Waals surface area contributed by atoms with Crippen molar-refractivity contribution in [3.63, 3.8) is 0 Å². The average Bonchev–Trinajstić information content (AvgIpc) is 2.75. The molecule has 0 aromatic rings. The lowest BCUT2D eigenvalue weighted by Gasteiger charge is -2.60. The predicted molar refractivity (Wildman–Crippen MR) is 88.8 cm³/mol. The molecule has 3 nitrogen and oxygen atoms in total. The number of carbonyl (C=O) groups is 3. The average molecular weight is 316 g/mol. The molecule has 3 fully saturated rings. The molecule has 4 atom stereocenters. The van der Waals surface area contributed by atoms with Gasteiger partial charge in [-0.05, 0) is 49.0 Å². The van der Waals surface area contributed by atoms with Gasteiger partial charge in [-0.1, -0.05) is 27.7 Å². The number of allylic oxidation sites excluding steroid dienone is 2. The Morgan fingerprint density at radius 3 is 2.35 bits per heavy atom. The molecule has 3 heteroatoms. The molecule has 0 spiro atoms. The third kappa shape index (κ3) is 1.98. The highest BCUT2D eigenvalue weighted by Gasteiger charge is 2.64. The van der Waals surface area contributed by atoms with Crippen molar-refractivity contribution in [2.45, 2.75) is 66.7 Å². The molecular formula is C20H28O3. The van der Waals surface area contributed by atoms with Gasteiger partial charge in [0, 0.05) is 29.2 Å². The van der Waals surface area contributed by atoms with Crippen LogP contribution >= 0.6 is 0 Å². The molecule has 3 rings (SSSR count). The molecule has 4 unspecified atom stereocenters. The molecule has 3 saturated carbocycles. The van der Waals surface area contributed by atoms with Gasteiger partial charge in [0.2, 0.25) is 0 Å². The molecule has 23 heavy (non-hydrogen) atoms. The lowest BCUT2D eigenvalue weighted by Crippen LogP contribution is -2.56. The van der Waals surface area contributed by atoms with Crippen LogP contribution in [0.15, 0.2) is 11.1 Å². The zero-order valence-electron chi connectivity index (χ0n) is 15.0. The fourth-order valence-electron chi connectivity index (χ4n) is 6.44. The van der Waals surface area contributed by atoms with E-state index in [4.69, 9.17) is 0 Å². The molecule has 0 N–H and O–H groups in total. The third-order valence-electron chi connectivity index (χ3n) is 7.60. The SMILES string of the molecule is CC(C=O)=C1C(=O)CC2C1(C)CCC1C(C)(C)C(=O)CCC12C. The second-order valence-electron chi connectivity index (χ2n) is 9.02. The number of carbonyl (C=O) groups excluding carboxylic acids is 3. The molecule has 0 amide bonds. The first-order valence-corrected chi connectivity index (χ1v) is 8.82. The van der Waals surface area contributed by atoms with E-state index in [1.54, 1.807) is 6.92 Å². The zero-order chi connectivity index (χ0) is 17.2. The van der Waals surface area contributed by atoms with Gasteiger partial charge in [-0.25, -0.2) is 0 Å². The maximum absolute atomic E-state index is 12.7. The summed E-state index contributed by atoms with van der Waals surface area (Å²) in [5.41, 5.74) is 0.873. The molecule has 3 aliphatic rings. The van der Waals surface area contributed by atoms with Crippen LogP contribution < -0.4 is 0 Å². The minimum atomic E-state index is -0.302. The number of ketones is 2. The minimum Gasteiger partial charge on any atom is -0.299 e. The van der Waals surface area contributed by atoms with Crippen LogP contribution in [0.5, 0.6) is 0 Å². The van der Waals surface area contributed by atoms with Crippen LogP contribution in [0.25, 0.3) is 0 Å². The van der Waals surface area contributed by atoms with Crippen LogP contribution in [0.2, 0.25) is 0 Å². The first-order chi connectivity index (χ1) is 10.6. The Morgan fingerprint density at radius 2 is 1.74 bits per heavy atom.